The van der Waals surface area contributed by atoms with Gasteiger partial charge in [-0.25, -0.2) is 9.59 Å². The van der Waals surface area contributed by atoms with Crippen LogP contribution in [0.2, 0.25) is 0 Å². The highest BCUT2D eigenvalue weighted by atomic mass is 19.4. The Labute approximate surface area is 112 Å². The normalized spacial score (nSPS) is 19.9. The lowest BCUT2D eigenvalue weighted by atomic mass is 10.2. The molecule has 0 radical (unpaired) electrons. The molecule has 0 bridgehead atoms. The first-order valence-corrected chi connectivity index (χ1v) is 5.57. The number of likely N-dealkylation sites (tertiary alicyclic amines) is 1. The van der Waals surface area contributed by atoms with E-state index in [9.17, 15) is 22.8 Å². The first-order chi connectivity index (χ1) is 8.98. The van der Waals surface area contributed by atoms with Crippen LogP contribution in [0, 0.1) is 0 Å². The third-order valence-corrected chi connectivity index (χ3v) is 2.45. The number of carbonyl (C=O) groups excluding carboxylic acids is 1. The second-order valence-electron chi connectivity index (χ2n) is 4.12. The molecule has 0 saturated carbocycles. The third kappa shape index (κ3) is 5.43. The fourth-order valence-electron chi connectivity index (χ4n) is 1.55. The molecule has 7 nitrogen and oxygen atoms in total. The molecule has 0 aromatic carbocycles. The van der Waals surface area contributed by atoms with Crippen molar-refractivity contribution in [3.05, 3.63) is 0 Å². The predicted octanol–water partition coefficient (Wildman–Crippen LogP) is 0.0425. The van der Waals surface area contributed by atoms with Crippen LogP contribution in [0.1, 0.15) is 19.8 Å². The van der Waals surface area contributed by atoms with Crippen molar-refractivity contribution in [1.82, 2.24) is 4.90 Å². The van der Waals surface area contributed by atoms with E-state index < -0.39 is 30.2 Å². The molecule has 1 saturated heterocycles. The summed E-state index contributed by atoms with van der Waals surface area (Å²) in [4.78, 5) is 32.4. The SMILES string of the molecule is C[C@H](N)C(=O)N1CCC[C@H]1C(=O)O.O=C(O)C(F)(F)F. The summed E-state index contributed by atoms with van der Waals surface area (Å²) in [6, 6.07) is -1.28. The number of rotatable bonds is 2. The van der Waals surface area contributed by atoms with Crippen LogP contribution in [-0.4, -0.2) is 57.8 Å². The minimum absolute atomic E-state index is 0.273. The minimum atomic E-state index is -5.08. The Bertz CT molecular complexity index is 384. The number of hydrogen-bond acceptors (Lipinski definition) is 4. The Morgan fingerprint density at radius 3 is 2.05 bits per heavy atom. The van der Waals surface area contributed by atoms with Crippen molar-refractivity contribution < 1.29 is 37.8 Å². The van der Waals surface area contributed by atoms with Crippen molar-refractivity contribution in [2.75, 3.05) is 6.54 Å². The first kappa shape index (κ1) is 18.2. The maximum atomic E-state index is 11.4. The lowest BCUT2D eigenvalue weighted by Gasteiger charge is -2.22. The average molecular weight is 300 g/mol. The van der Waals surface area contributed by atoms with Gasteiger partial charge in [0.05, 0.1) is 6.04 Å². The molecular weight excluding hydrogens is 285 g/mol. The van der Waals surface area contributed by atoms with Gasteiger partial charge in [-0.2, -0.15) is 13.2 Å². The van der Waals surface area contributed by atoms with Gasteiger partial charge in [0.25, 0.3) is 0 Å². The molecule has 1 fully saturated rings. The fraction of sp³-hybridized carbons (Fsp3) is 0.700. The lowest BCUT2D eigenvalue weighted by molar-refractivity contribution is -0.192. The smallest absolute Gasteiger partial charge is 0.480 e. The molecule has 2 atom stereocenters. The molecule has 0 aromatic rings. The third-order valence-electron chi connectivity index (χ3n) is 2.45. The molecular formula is C10H15F3N2O5. The number of nitrogens with zero attached hydrogens (tertiary/aromatic N) is 1. The van der Waals surface area contributed by atoms with Crippen LogP contribution in [0.5, 0.6) is 0 Å². The van der Waals surface area contributed by atoms with Gasteiger partial charge in [0, 0.05) is 6.54 Å². The topological polar surface area (TPSA) is 121 Å². The molecule has 1 rings (SSSR count). The van der Waals surface area contributed by atoms with Gasteiger partial charge >= 0.3 is 18.1 Å². The van der Waals surface area contributed by atoms with E-state index in [0.717, 1.165) is 6.42 Å². The largest absolute Gasteiger partial charge is 0.490 e. The van der Waals surface area contributed by atoms with Gasteiger partial charge in [0.1, 0.15) is 6.04 Å². The van der Waals surface area contributed by atoms with Crippen molar-refractivity contribution in [2.24, 2.45) is 5.73 Å². The van der Waals surface area contributed by atoms with E-state index in [1.807, 2.05) is 0 Å². The Kier molecular flexibility index (Phi) is 6.43. The molecule has 1 aliphatic rings. The standard InChI is InChI=1S/C8H14N2O3.C2HF3O2/c1-5(9)7(11)10-4-2-3-6(10)8(12)13;3-2(4,5)1(6)7/h5-6H,2-4,9H2,1H3,(H,12,13);(H,6,7)/t5-,6-;/m0./s1. The van der Waals surface area contributed by atoms with Crippen LogP contribution in [0.4, 0.5) is 13.2 Å². The minimum Gasteiger partial charge on any atom is -0.480 e. The number of aliphatic carboxylic acids is 2. The summed E-state index contributed by atoms with van der Waals surface area (Å²) in [7, 11) is 0. The van der Waals surface area contributed by atoms with E-state index in [1.165, 1.54) is 4.90 Å². The van der Waals surface area contributed by atoms with Crippen molar-refractivity contribution in [3.63, 3.8) is 0 Å². The van der Waals surface area contributed by atoms with Crippen LogP contribution in [-0.2, 0) is 14.4 Å². The molecule has 4 N–H and O–H groups in total. The van der Waals surface area contributed by atoms with Crippen molar-refractivity contribution in [2.45, 2.75) is 38.0 Å². The van der Waals surface area contributed by atoms with Gasteiger partial charge in [-0.1, -0.05) is 0 Å². The monoisotopic (exact) mass is 300 g/mol. The van der Waals surface area contributed by atoms with Gasteiger partial charge in [-0.05, 0) is 19.8 Å². The number of alkyl halides is 3. The molecule has 1 amide bonds. The molecule has 1 aliphatic heterocycles. The number of carboxylic acid groups (broad SMARTS) is 2. The van der Waals surface area contributed by atoms with E-state index in [0.29, 0.717) is 13.0 Å². The summed E-state index contributed by atoms with van der Waals surface area (Å²) in [5, 5.41) is 15.9. The van der Waals surface area contributed by atoms with Gasteiger partial charge in [-0.3, -0.25) is 4.79 Å². The van der Waals surface area contributed by atoms with Crippen molar-refractivity contribution in [3.8, 4) is 0 Å². The highest BCUT2D eigenvalue weighted by Crippen LogP contribution is 2.17. The lowest BCUT2D eigenvalue weighted by Crippen LogP contribution is -2.47. The first-order valence-electron chi connectivity index (χ1n) is 5.57. The Morgan fingerprint density at radius 2 is 1.75 bits per heavy atom. The zero-order valence-corrected chi connectivity index (χ0v) is 10.6. The highest BCUT2D eigenvalue weighted by molar-refractivity contribution is 5.87. The Morgan fingerprint density at radius 1 is 1.30 bits per heavy atom. The highest BCUT2D eigenvalue weighted by Gasteiger charge is 2.38. The van der Waals surface area contributed by atoms with Gasteiger partial charge in [-0.15, -0.1) is 0 Å². The zero-order chi connectivity index (χ0) is 16.1. The molecule has 10 heteroatoms. The van der Waals surface area contributed by atoms with Gasteiger partial charge in [0.15, 0.2) is 0 Å². The summed E-state index contributed by atoms with van der Waals surface area (Å²) in [5.74, 6) is -3.97. The van der Waals surface area contributed by atoms with Crippen molar-refractivity contribution >= 4 is 17.8 Å². The van der Waals surface area contributed by atoms with Crippen LogP contribution >= 0.6 is 0 Å². The molecule has 0 aliphatic carbocycles. The van der Waals surface area contributed by atoms with Crippen LogP contribution < -0.4 is 5.73 Å². The maximum Gasteiger partial charge on any atom is 0.490 e. The number of amides is 1. The van der Waals surface area contributed by atoms with E-state index in [-0.39, 0.29) is 5.91 Å². The van der Waals surface area contributed by atoms with E-state index in [4.69, 9.17) is 20.7 Å². The van der Waals surface area contributed by atoms with E-state index >= 15 is 0 Å². The zero-order valence-electron chi connectivity index (χ0n) is 10.6. The second kappa shape index (κ2) is 7.08. The Balaban J connectivity index is 0.000000441. The van der Waals surface area contributed by atoms with Crippen LogP contribution in [0.3, 0.4) is 0 Å². The van der Waals surface area contributed by atoms with Gasteiger partial charge < -0.3 is 20.8 Å². The predicted molar refractivity (Wildman–Crippen MR) is 59.7 cm³/mol. The summed E-state index contributed by atoms with van der Waals surface area (Å²) >= 11 is 0. The number of nitrogens with two attached hydrogens (primary N) is 1. The molecule has 0 unspecified atom stereocenters. The van der Waals surface area contributed by atoms with Gasteiger partial charge in [0.2, 0.25) is 5.91 Å². The molecule has 1 heterocycles. The summed E-state index contributed by atoms with van der Waals surface area (Å²) in [6.45, 7) is 2.08. The fourth-order valence-corrected chi connectivity index (χ4v) is 1.55. The van der Waals surface area contributed by atoms with E-state index in [1.54, 1.807) is 6.92 Å². The van der Waals surface area contributed by atoms with E-state index in [2.05, 4.69) is 0 Å². The maximum absolute atomic E-state index is 11.4. The molecule has 0 spiro atoms. The number of carbonyl (C=O) groups is 3. The van der Waals surface area contributed by atoms with Crippen molar-refractivity contribution in [1.29, 1.82) is 0 Å². The molecule has 0 aromatic heterocycles. The molecule has 116 valence electrons. The Hall–Kier alpha value is -1.84. The van der Waals surface area contributed by atoms with Crippen LogP contribution in [0.15, 0.2) is 0 Å². The molecule has 20 heavy (non-hydrogen) atoms. The number of carboxylic acids is 2. The van der Waals surface area contributed by atoms with Crippen LogP contribution in [0.25, 0.3) is 0 Å². The summed E-state index contributed by atoms with van der Waals surface area (Å²) in [5.41, 5.74) is 5.39. The number of halogens is 3. The average Bonchev–Trinajstić information content (AvgIpc) is 2.75. The summed E-state index contributed by atoms with van der Waals surface area (Å²) in [6.07, 6.45) is -3.80. The second-order valence-corrected chi connectivity index (χ2v) is 4.12. The number of hydrogen-bond donors (Lipinski definition) is 3. The summed E-state index contributed by atoms with van der Waals surface area (Å²) < 4.78 is 31.7. The quantitative estimate of drug-likeness (QED) is 0.662.